The summed E-state index contributed by atoms with van der Waals surface area (Å²) in [5, 5.41) is 8.24. The molecule has 1 saturated heterocycles. The van der Waals surface area contributed by atoms with Crippen molar-refractivity contribution in [3.05, 3.63) is 41.7 Å². The fourth-order valence-electron chi connectivity index (χ4n) is 2.14. The number of rotatable bonds is 4. The number of aromatic nitrogens is 3. The molecular weight excluding hydrogens is 316 g/mol. The first kappa shape index (κ1) is 15.7. The normalized spacial score (nSPS) is 13.7. The number of benzene rings is 1. The molecule has 0 aliphatic carbocycles. The van der Waals surface area contributed by atoms with E-state index in [1.54, 1.807) is 19.1 Å². The molecule has 0 radical (unpaired) electrons. The second-order valence-corrected chi connectivity index (χ2v) is 4.99. The number of cyclic esters (lactones) is 1. The third-order valence-electron chi connectivity index (χ3n) is 3.35. The highest BCUT2D eigenvalue weighted by molar-refractivity contribution is 5.95. The Balaban J connectivity index is 1.66. The Morgan fingerprint density at radius 2 is 2.00 bits per heavy atom. The monoisotopic (exact) mass is 330 g/mol. The number of carbonyl (C=O) groups is 3. The molecule has 0 atom stereocenters. The molecule has 0 unspecified atom stereocenters. The molecule has 0 N–H and O–H groups in total. The van der Waals surface area contributed by atoms with Gasteiger partial charge in [-0.15, -0.1) is 5.10 Å². The Hall–Kier alpha value is -3.23. The zero-order valence-electron chi connectivity index (χ0n) is 12.8. The minimum absolute atomic E-state index is 0.00986. The van der Waals surface area contributed by atoms with Crippen LogP contribution in [0, 0.1) is 6.92 Å². The SMILES string of the molecule is Cc1nn(-c2ccccc2)nc1C(=O)OCC(=O)N1CCOC1=O. The highest BCUT2D eigenvalue weighted by Gasteiger charge is 2.29. The summed E-state index contributed by atoms with van der Waals surface area (Å²) in [7, 11) is 0. The highest BCUT2D eigenvalue weighted by Crippen LogP contribution is 2.10. The van der Waals surface area contributed by atoms with Crippen molar-refractivity contribution < 1.29 is 23.9 Å². The second-order valence-electron chi connectivity index (χ2n) is 4.99. The molecule has 3 rings (SSSR count). The molecule has 0 bridgehead atoms. The van der Waals surface area contributed by atoms with Gasteiger partial charge in [0.2, 0.25) is 0 Å². The van der Waals surface area contributed by atoms with Crippen LogP contribution >= 0.6 is 0 Å². The Morgan fingerprint density at radius 1 is 1.25 bits per heavy atom. The number of para-hydroxylation sites is 1. The van der Waals surface area contributed by atoms with Gasteiger partial charge >= 0.3 is 12.1 Å². The van der Waals surface area contributed by atoms with Crippen molar-refractivity contribution in [1.82, 2.24) is 19.9 Å². The van der Waals surface area contributed by atoms with E-state index in [9.17, 15) is 14.4 Å². The number of amides is 2. The standard InChI is InChI=1S/C15H14N4O5/c1-10-13(17-19(16-10)11-5-3-2-4-6-11)14(21)24-9-12(20)18-7-8-23-15(18)22/h2-6H,7-9H2,1H3. The summed E-state index contributed by atoms with van der Waals surface area (Å²) >= 11 is 0. The Morgan fingerprint density at radius 3 is 2.67 bits per heavy atom. The minimum Gasteiger partial charge on any atom is -0.451 e. The molecule has 1 aliphatic heterocycles. The van der Waals surface area contributed by atoms with Gasteiger partial charge in [0, 0.05) is 0 Å². The van der Waals surface area contributed by atoms with Gasteiger partial charge in [-0.05, 0) is 19.1 Å². The maximum absolute atomic E-state index is 12.1. The van der Waals surface area contributed by atoms with Crippen molar-refractivity contribution in [3.63, 3.8) is 0 Å². The van der Waals surface area contributed by atoms with Gasteiger partial charge in [0.25, 0.3) is 5.91 Å². The summed E-state index contributed by atoms with van der Waals surface area (Å²) in [5.41, 5.74) is 1.07. The van der Waals surface area contributed by atoms with E-state index in [2.05, 4.69) is 14.9 Å². The van der Waals surface area contributed by atoms with Gasteiger partial charge in [-0.3, -0.25) is 4.79 Å². The number of nitrogens with zero attached hydrogens (tertiary/aromatic N) is 4. The summed E-state index contributed by atoms with van der Waals surface area (Å²) in [4.78, 5) is 37.4. The van der Waals surface area contributed by atoms with Crippen LogP contribution in [0.1, 0.15) is 16.2 Å². The lowest BCUT2D eigenvalue weighted by Gasteiger charge is -2.10. The van der Waals surface area contributed by atoms with Gasteiger partial charge < -0.3 is 9.47 Å². The number of imide groups is 1. The Kier molecular flexibility index (Phi) is 4.23. The number of hydrogen-bond donors (Lipinski definition) is 0. The van der Waals surface area contributed by atoms with Gasteiger partial charge in [-0.25, -0.2) is 14.5 Å². The lowest BCUT2D eigenvalue weighted by molar-refractivity contribution is -0.131. The molecule has 124 valence electrons. The number of ether oxygens (including phenoxy) is 2. The molecule has 1 aromatic heterocycles. The lowest BCUT2D eigenvalue weighted by atomic mass is 10.3. The maximum Gasteiger partial charge on any atom is 0.416 e. The zero-order chi connectivity index (χ0) is 17.1. The molecule has 9 nitrogen and oxygen atoms in total. The van der Waals surface area contributed by atoms with E-state index in [-0.39, 0.29) is 18.8 Å². The molecule has 24 heavy (non-hydrogen) atoms. The highest BCUT2D eigenvalue weighted by atomic mass is 16.6. The Bertz CT molecular complexity index is 786. The summed E-state index contributed by atoms with van der Waals surface area (Å²) < 4.78 is 9.58. The van der Waals surface area contributed by atoms with Crippen LogP contribution in [0.3, 0.4) is 0 Å². The number of carbonyl (C=O) groups excluding carboxylic acids is 3. The maximum atomic E-state index is 12.1. The summed E-state index contributed by atoms with van der Waals surface area (Å²) in [6.07, 6.45) is -0.734. The van der Waals surface area contributed by atoms with E-state index in [0.29, 0.717) is 11.4 Å². The largest absolute Gasteiger partial charge is 0.451 e. The fraction of sp³-hybridized carbons (Fsp3) is 0.267. The summed E-state index contributed by atoms with van der Waals surface area (Å²) in [6.45, 7) is 1.34. The first-order valence-corrected chi connectivity index (χ1v) is 7.20. The van der Waals surface area contributed by atoms with Crippen LogP contribution in [0.5, 0.6) is 0 Å². The van der Waals surface area contributed by atoms with E-state index in [4.69, 9.17) is 4.74 Å². The second kappa shape index (κ2) is 6.49. The van der Waals surface area contributed by atoms with E-state index in [0.717, 1.165) is 4.90 Å². The Labute approximate surface area is 136 Å². The molecule has 1 aliphatic rings. The van der Waals surface area contributed by atoms with Gasteiger partial charge in [-0.2, -0.15) is 9.90 Å². The predicted octanol–water partition coefficient (Wildman–Crippen LogP) is 0.711. The zero-order valence-corrected chi connectivity index (χ0v) is 12.8. The average molecular weight is 330 g/mol. The quantitative estimate of drug-likeness (QED) is 0.760. The van der Waals surface area contributed by atoms with Crippen LogP contribution in [0.4, 0.5) is 4.79 Å². The first-order chi connectivity index (χ1) is 11.6. The van der Waals surface area contributed by atoms with Crippen LogP contribution in [0.2, 0.25) is 0 Å². The van der Waals surface area contributed by atoms with Gasteiger partial charge in [0.15, 0.2) is 12.3 Å². The third-order valence-corrected chi connectivity index (χ3v) is 3.35. The van der Waals surface area contributed by atoms with Gasteiger partial charge in [0.05, 0.1) is 17.9 Å². The van der Waals surface area contributed by atoms with Crippen LogP contribution in [0.25, 0.3) is 5.69 Å². The van der Waals surface area contributed by atoms with Crippen molar-refractivity contribution in [3.8, 4) is 5.69 Å². The summed E-state index contributed by atoms with van der Waals surface area (Å²) in [5.74, 6) is -1.42. The van der Waals surface area contributed by atoms with Crippen molar-refractivity contribution in [2.24, 2.45) is 0 Å². The van der Waals surface area contributed by atoms with Crippen LogP contribution in [-0.4, -0.2) is 57.6 Å². The molecule has 9 heteroatoms. The van der Waals surface area contributed by atoms with Crippen molar-refractivity contribution in [2.45, 2.75) is 6.92 Å². The third kappa shape index (κ3) is 3.09. The molecule has 2 aromatic rings. The number of aryl methyl sites for hydroxylation is 1. The smallest absolute Gasteiger partial charge is 0.416 e. The van der Waals surface area contributed by atoms with Gasteiger partial charge in [-0.1, -0.05) is 18.2 Å². The number of esters is 1. The van der Waals surface area contributed by atoms with E-state index < -0.39 is 24.6 Å². The predicted molar refractivity (Wildman–Crippen MR) is 79.4 cm³/mol. The molecular formula is C15H14N4O5. The minimum atomic E-state index is -0.782. The first-order valence-electron chi connectivity index (χ1n) is 7.20. The van der Waals surface area contributed by atoms with E-state index in [1.807, 2.05) is 18.2 Å². The fourth-order valence-corrected chi connectivity index (χ4v) is 2.14. The van der Waals surface area contributed by atoms with Crippen molar-refractivity contribution >= 4 is 18.0 Å². The van der Waals surface area contributed by atoms with Gasteiger partial charge in [0.1, 0.15) is 6.61 Å². The molecule has 1 fully saturated rings. The molecule has 1 aromatic carbocycles. The molecule has 0 saturated carbocycles. The van der Waals surface area contributed by atoms with Crippen LogP contribution < -0.4 is 0 Å². The van der Waals surface area contributed by atoms with E-state index >= 15 is 0 Å². The van der Waals surface area contributed by atoms with Crippen LogP contribution in [-0.2, 0) is 14.3 Å². The number of hydrogen-bond acceptors (Lipinski definition) is 7. The van der Waals surface area contributed by atoms with Crippen LogP contribution in [0.15, 0.2) is 30.3 Å². The van der Waals surface area contributed by atoms with Crippen molar-refractivity contribution in [2.75, 3.05) is 19.8 Å². The summed E-state index contributed by atoms with van der Waals surface area (Å²) in [6, 6.07) is 9.07. The molecule has 2 heterocycles. The van der Waals surface area contributed by atoms with Crippen molar-refractivity contribution in [1.29, 1.82) is 0 Å². The molecule has 2 amide bonds. The topological polar surface area (TPSA) is 104 Å². The lowest BCUT2D eigenvalue weighted by Crippen LogP contribution is -2.35. The average Bonchev–Trinajstić information content (AvgIpc) is 3.19. The van der Waals surface area contributed by atoms with E-state index in [1.165, 1.54) is 4.80 Å². The molecule has 0 spiro atoms.